The molecule has 0 bridgehead atoms. The molecule has 0 spiro atoms. The smallest absolute Gasteiger partial charge is 0.212 e. The van der Waals surface area contributed by atoms with Gasteiger partial charge in [0.05, 0.1) is 4.75 Å². The zero-order valence-corrected chi connectivity index (χ0v) is 11.4. The third-order valence-electron chi connectivity index (χ3n) is 3.21. The molecule has 1 aromatic carbocycles. The number of benzene rings is 1. The lowest BCUT2D eigenvalue weighted by atomic mass is 10.0. The van der Waals surface area contributed by atoms with Crippen molar-refractivity contribution in [2.24, 2.45) is 0 Å². The van der Waals surface area contributed by atoms with Crippen molar-refractivity contribution in [3.05, 3.63) is 35.4 Å². The Labute approximate surface area is 104 Å². The summed E-state index contributed by atoms with van der Waals surface area (Å²) < 4.78 is 25.6. The van der Waals surface area contributed by atoms with Gasteiger partial charge < -0.3 is 0 Å². The van der Waals surface area contributed by atoms with Gasteiger partial charge in [-0.15, -0.1) is 0 Å². The molecule has 3 nitrogen and oxygen atoms in total. The molecule has 1 aliphatic rings. The number of hydrogen-bond donors (Lipinski definition) is 0. The van der Waals surface area contributed by atoms with E-state index in [4.69, 9.17) is 0 Å². The molecule has 0 radical (unpaired) electrons. The standard InChI is InChI=1S/C13H19NO2S/c1-13(2,3)17(15,16)14-9-8-11-6-4-5-7-12(11)10-14/h4-7H,8-10H2,1-3H3. The molecule has 0 aliphatic carbocycles. The van der Waals surface area contributed by atoms with E-state index in [1.54, 1.807) is 25.1 Å². The fourth-order valence-electron chi connectivity index (χ4n) is 2.06. The third-order valence-corrected chi connectivity index (χ3v) is 5.75. The Balaban J connectivity index is 2.30. The first-order chi connectivity index (χ1) is 7.82. The number of rotatable bonds is 1. The van der Waals surface area contributed by atoms with E-state index < -0.39 is 14.8 Å². The summed E-state index contributed by atoms with van der Waals surface area (Å²) in [4.78, 5) is 0. The van der Waals surface area contributed by atoms with Gasteiger partial charge in [-0.25, -0.2) is 8.42 Å². The Morgan fingerprint density at radius 2 is 1.71 bits per heavy atom. The normalized spacial score (nSPS) is 17.8. The van der Waals surface area contributed by atoms with Gasteiger partial charge in [0.25, 0.3) is 0 Å². The van der Waals surface area contributed by atoms with E-state index in [2.05, 4.69) is 6.07 Å². The van der Waals surface area contributed by atoms with Crippen LogP contribution in [-0.2, 0) is 23.0 Å². The van der Waals surface area contributed by atoms with Crippen LogP contribution in [-0.4, -0.2) is 24.0 Å². The second-order valence-electron chi connectivity index (χ2n) is 5.47. The first-order valence-electron chi connectivity index (χ1n) is 5.89. The highest BCUT2D eigenvalue weighted by molar-refractivity contribution is 7.90. The molecule has 1 aromatic rings. The van der Waals surface area contributed by atoms with Crippen molar-refractivity contribution < 1.29 is 8.42 Å². The second-order valence-corrected chi connectivity index (χ2v) is 8.16. The van der Waals surface area contributed by atoms with Crippen molar-refractivity contribution in [2.75, 3.05) is 6.54 Å². The summed E-state index contributed by atoms with van der Waals surface area (Å²) >= 11 is 0. The van der Waals surface area contributed by atoms with Crippen LogP contribution >= 0.6 is 0 Å². The van der Waals surface area contributed by atoms with Gasteiger partial charge in [-0.05, 0) is 38.3 Å². The van der Waals surface area contributed by atoms with Crippen LogP contribution in [0.25, 0.3) is 0 Å². The van der Waals surface area contributed by atoms with Gasteiger partial charge in [0.2, 0.25) is 10.0 Å². The summed E-state index contributed by atoms with van der Waals surface area (Å²) in [5.74, 6) is 0. The van der Waals surface area contributed by atoms with Crippen LogP contribution in [0.15, 0.2) is 24.3 Å². The molecule has 1 aliphatic heterocycles. The molecule has 94 valence electrons. The van der Waals surface area contributed by atoms with Crippen LogP contribution in [0.3, 0.4) is 0 Å². The Morgan fingerprint density at radius 3 is 2.29 bits per heavy atom. The summed E-state index contributed by atoms with van der Waals surface area (Å²) in [6.07, 6.45) is 0.811. The first-order valence-corrected chi connectivity index (χ1v) is 7.33. The van der Waals surface area contributed by atoms with Gasteiger partial charge in [-0.1, -0.05) is 24.3 Å². The summed E-state index contributed by atoms with van der Waals surface area (Å²) in [6, 6.07) is 8.06. The van der Waals surface area contributed by atoms with Gasteiger partial charge >= 0.3 is 0 Å². The topological polar surface area (TPSA) is 37.4 Å². The van der Waals surface area contributed by atoms with Gasteiger partial charge in [0.1, 0.15) is 0 Å². The number of nitrogens with zero attached hydrogens (tertiary/aromatic N) is 1. The highest BCUT2D eigenvalue weighted by Crippen LogP contribution is 2.26. The average molecular weight is 253 g/mol. The second kappa shape index (κ2) is 4.10. The van der Waals surface area contributed by atoms with E-state index in [9.17, 15) is 8.42 Å². The lowest BCUT2D eigenvalue weighted by molar-refractivity contribution is 0.376. The molecular weight excluding hydrogens is 234 g/mol. The molecule has 0 saturated heterocycles. The van der Waals surface area contributed by atoms with Crippen molar-refractivity contribution >= 4 is 10.0 Å². The summed E-state index contributed by atoms with van der Waals surface area (Å²) in [5.41, 5.74) is 2.40. The lowest BCUT2D eigenvalue weighted by Gasteiger charge is -2.33. The maximum Gasteiger partial charge on any atom is 0.219 e. The van der Waals surface area contributed by atoms with Crippen molar-refractivity contribution in [2.45, 2.75) is 38.5 Å². The lowest BCUT2D eigenvalue weighted by Crippen LogP contribution is -2.45. The van der Waals surface area contributed by atoms with Gasteiger partial charge in [-0.3, -0.25) is 0 Å². The zero-order chi connectivity index (χ0) is 12.7. The quantitative estimate of drug-likeness (QED) is 0.769. The molecule has 0 amide bonds. The number of hydrogen-bond acceptors (Lipinski definition) is 2. The van der Waals surface area contributed by atoms with Crippen LogP contribution in [0.2, 0.25) is 0 Å². The maximum atomic E-state index is 12.3. The fraction of sp³-hybridized carbons (Fsp3) is 0.538. The monoisotopic (exact) mass is 253 g/mol. The predicted octanol–water partition coefficient (Wildman–Crippen LogP) is 2.17. The minimum atomic E-state index is -3.21. The molecular formula is C13H19NO2S. The van der Waals surface area contributed by atoms with E-state index >= 15 is 0 Å². The molecule has 0 saturated carbocycles. The van der Waals surface area contributed by atoms with Gasteiger partial charge in [0.15, 0.2) is 0 Å². The SMILES string of the molecule is CC(C)(C)S(=O)(=O)N1CCc2ccccc2C1. The summed E-state index contributed by atoms with van der Waals surface area (Å²) in [7, 11) is -3.21. The van der Waals surface area contributed by atoms with Crippen LogP contribution in [0.4, 0.5) is 0 Å². The molecule has 2 rings (SSSR count). The fourth-order valence-corrected chi connectivity index (χ4v) is 3.48. The largest absolute Gasteiger partial charge is 0.219 e. The highest BCUT2D eigenvalue weighted by Gasteiger charge is 2.36. The van der Waals surface area contributed by atoms with E-state index in [0.29, 0.717) is 13.1 Å². The molecule has 0 unspecified atom stereocenters. The zero-order valence-electron chi connectivity index (χ0n) is 10.6. The van der Waals surface area contributed by atoms with Crippen molar-refractivity contribution in [3.63, 3.8) is 0 Å². The molecule has 1 heterocycles. The Morgan fingerprint density at radius 1 is 1.12 bits per heavy atom. The molecule has 0 fully saturated rings. The minimum absolute atomic E-state index is 0.510. The highest BCUT2D eigenvalue weighted by atomic mass is 32.2. The van der Waals surface area contributed by atoms with Crippen LogP contribution in [0.1, 0.15) is 31.9 Å². The number of sulfonamides is 1. The van der Waals surface area contributed by atoms with Crippen LogP contribution in [0, 0.1) is 0 Å². The van der Waals surface area contributed by atoms with Crippen molar-refractivity contribution in [3.8, 4) is 0 Å². The average Bonchev–Trinajstić information content (AvgIpc) is 2.27. The molecule has 0 aromatic heterocycles. The Kier molecular flexibility index (Phi) is 3.04. The minimum Gasteiger partial charge on any atom is -0.212 e. The maximum absolute atomic E-state index is 12.3. The predicted molar refractivity (Wildman–Crippen MR) is 69.2 cm³/mol. The molecule has 0 atom stereocenters. The van der Waals surface area contributed by atoms with E-state index in [1.165, 1.54) is 5.56 Å². The van der Waals surface area contributed by atoms with Crippen LogP contribution < -0.4 is 0 Å². The van der Waals surface area contributed by atoms with Crippen LogP contribution in [0.5, 0.6) is 0 Å². The first kappa shape index (κ1) is 12.6. The summed E-state index contributed by atoms with van der Waals surface area (Å²) in [5, 5.41) is 0. The Hall–Kier alpha value is -0.870. The third kappa shape index (κ3) is 2.24. The van der Waals surface area contributed by atoms with Gasteiger partial charge in [-0.2, -0.15) is 4.31 Å². The molecule has 17 heavy (non-hydrogen) atoms. The number of fused-ring (bicyclic) bond motifs is 1. The van der Waals surface area contributed by atoms with Crippen molar-refractivity contribution in [1.82, 2.24) is 4.31 Å². The van der Waals surface area contributed by atoms with Gasteiger partial charge in [0, 0.05) is 13.1 Å². The van der Waals surface area contributed by atoms with E-state index in [-0.39, 0.29) is 0 Å². The molecule has 4 heteroatoms. The Bertz CT molecular complexity index is 514. The van der Waals surface area contributed by atoms with E-state index in [0.717, 1.165) is 12.0 Å². The van der Waals surface area contributed by atoms with E-state index in [1.807, 2.05) is 18.2 Å². The summed E-state index contributed by atoms with van der Waals surface area (Å²) in [6.45, 7) is 6.36. The van der Waals surface area contributed by atoms with Crippen molar-refractivity contribution in [1.29, 1.82) is 0 Å². The molecule has 0 N–H and O–H groups in total.